The van der Waals surface area contributed by atoms with E-state index in [4.69, 9.17) is 4.74 Å². The highest BCUT2D eigenvalue weighted by atomic mass is 32.2. The highest BCUT2D eigenvalue weighted by Gasteiger charge is 2.26. The Kier molecular flexibility index (Phi) is 5.02. The molecule has 1 amide bonds. The number of hydrogen-bond acceptors (Lipinski definition) is 6. The average molecular weight is 378 g/mol. The number of benzene rings is 1. The van der Waals surface area contributed by atoms with E-state index in [1.165, 1.54) is 11.8 Å². The Hall–Kier alpha value is -2.93. The Morgan fingerprint density at radius 2 is 2.15 bits per heavy atom. The summed E-state index contributed by atoms with van der Waals surface area (Å²) in [5.41, 5.74) is 3.40. The second kappa shape index (κ2) is 7.75. The number of ether oxygens (including phenoxy) is 1. The summed E-state index contributed by atoms with van der Waals surface area (Å²) < 4.78 is 6.13. The number of fused-ring (bicyclic) bond motifs is 1. The molecule has 6 nitrogen and oxygen atoms in total. The normalized spacial score (nSPS) is 15.1. The zero-order valence-corrected chi connectivity index (χ0v) is 15.6. The first-order valence-corrected chi connectivity index (χ1v) is 9.81. The van der Waals surface area contributed by atoms with Crippen LogP contribution >= 0.6 is 11.8 Å². The van der Waals surface area contributed by atoms with Gasteiger partial charge in [0.05, 0.1) is 24.0 Å². The number of carbonyl (C=O) groups is 1. The molecule has 1 aliphatic heterocycles. The van der Waals surface area contributed by atoms with E-state index in [-0.39, 0.29) is 12.0 Å². The Bertz CT molecular complexity index is 965. The van der Waals surface area contributed by atoms with E-state index in [0.29, 0.717) is 12.1 Å². The predicted molar refractivity (Wildman–Crippen MR) is 104 cm³/mol. The molecule has 0 bridgehead atoms. The number of nitrogens with one attached hydrogen (secondary N) is 1. The molecule has 0 saturated heterocycles. The monoisotopic (exact) mass is 378 g/mol. The van der Waals surface area contributed by atoms with Gasteiger partial charge in [0.25, 0.3) is 5.91 Å². The molecule has 1 aliphatic rings. The molecular formula is C20H18N4O2S. The lowest BCUT2D eigenvalue weighted by atomic mass is 10.0. The second-order valence-electron chi connectivity index (χ2n) is 6.10. The molecular weight excluding hydrogens is 360 g/mol. The van der Waals surface area contributed by atoms with Crippen LogP contribution in [-0.4, -0.2) is 39.8 Å². The first-order valence-electron chi connectivity index (χ1n) is 8.58. The van der Waals surface area contributed by atoms with Crippen molar-refractivity contribution in [3.05, 3.63) is 66.2 Å². The number of nitrogens with zero attached hydrogens (tertiary/aromatic N) is 3. The van der Waals surface area contributed by atoms with Crippen molar-refractivity contribution >= 4 is 17.7 Å². The lowest BCUT2D eigenvalue weighted by Gasteiger charge is -2.14. The largest absolute Gasteiger partial charge is 0.487 e. The van der Waals surface area contributed by atoms with Gasteiger partial charge in [-0.25, -0.2) is 4.98 Å². The molecule has 0 aliphatic carbocycles. The Morgan fingerprint density at radius 1 is 1.22 bits per heavy atom. The van der Waals surface area contributed by atoms with Gasteiger partial charge in [-0.05, 0) is 30.0 Å². The van der Waals surface area contributed by atoms with Crippen molar-refractivity contribution in [3.63, 3.8) is 0 Å². The van der Waals surface area contributed by atoms with Crippen LogP contribution in [0, 0.1) is 0 Å². The standard InChI is InChI=1S/C20H18N4O2S/c1-27-20-16(6-3-7-23-20)19(25)24-11-14-10-13-4-2-5-15(18(13)26-14)17-12-21-8-9-22-17/h2-9,12,14H,10-11H2,1H3,(H,24,25)/t14-/m1/s1. The molecule has 3 heterocycles. The summed E-state index contributed by atoms with van der Waals surface area (Å²) in [7, 11) is 0. The number of hydrogen-bond donors (Lipinski definition) is 1. The van der Waals surface area contributed by atoms with Gasteiger partial charge < -0.3 is 10.1 Å². The van der Waals surface area contributed by atoms with Gasteiger partial charge in [0.2, 0.25) is 0 Å². The fourth-order valence-corrected chi connectivity index (χ4v) is 3.67. The van der Waals surface area contributed by atoms with Gasteiger partial charge in [0.1, 0.15) is 16.9 Å². The molecule has 2 aromatic heterocycles. The lowest BCUT2D eigenvalue weighted by Crippen LogP contribution is -2.34. The number of aromatic nitrogens is 3. The van der Waals surface area contributed by atoms with E-state index in [1.54, 1.807) is 36.9 Å². The molecule has 7 heteroatoms. The van der Waals surface area contributed by atoms with Crippen molar-refractivity contribution in [3.8, 4) is 17.0 Å². The minimum atomic E-state index is -0.138. The van der Waals surface area contributed by atoms with Crippen LogP contribution in [0.3, 0.4) is 0 Å². The number of para-hydroxylation sites is 1. The van der Waals surface area contributed by atoms with Gasteiger partial charge in [0, 0.05) is 30.6 Å². The topological polar surface area (TPSA) is 77.0 Å². The van der Waals surface area contributed by atoms with E-state index >= 15 is 0 Å². The Balaban J connectivity index is 1.46. The third-order valence-corrected chi connectivity index (χ3v) is 5.08. The van der Waals surface area contributed by atoms with Crippen molar-refractivity contribution in [1.82, 2.24) is 20.3 Å². The van der Waals surface area contributed by atoms with Crippen molar-refractivity contribution < 1.29 is 9.53 Å². The van der Waals surface area contributed by atoms with E-state index < -0.39 is 0 Å². The van der Waals surface area contributed by atoms with E-state index in [9.17, 15) is 4.79 Å². The van der Waals surface area contributed by atoms with E-state index in [2.05, 4.69) is 20.3 Å². The maximum Gasteiger partial charge on any atom is 0.254 e. The maximum absolute atomic E-state index is 12.5. The van der Waals surface area contributed by atoms with Gasteiger partial charge >= 0.3 is 0 Å². The Morgan fingerprint density at radius 3 is 2.96 bits per heavy atom. The van der Waals surface area contributed by atoms with Gasteiger partial charge in [-0.3, -0.25) is 14.8 Å². The molecule has 3 aromatic rings. The van der Waals surface area contributed by atoms with Crippen LogP contribution in [0.4, 0.5) is 0 Å². The first-order chi connectivity index (χ1) is 13.3. The molecule has 1 N–H and O–H groups in total. The number of carbonyl (C=O) groups excluding carboxylic acids is 1. The summed E-state index contributed by atoms with van der Waals surface area (Å²) in [6, 6.07) is 9.57. The molecule has 1 atom stereocenters. The van der Waals surface area contributed by atoms with E-state index in [1.807, 2.05) is 24.5 Å². The van der Waals surface area contributed by atoms with Crippen molar-refractivity contribution in [2.45, 2.75) is 17.6 Å². The fraction of sp³-hybridized carbons (Fsp3) is 0.200. The van der Waals surface area contributed by atoms with Gasteiger partial charge in [-0.15, -0.1) is 11.8 Å². The first kappa shape index (κ1) is 17.5. The molecule has 0 fully saturated rings. The van der Waals surface area contributed by atoms with Crippen LogP contribution in [-0.2, 0) is 6.42 Å². The lowest BCUT2D eigenvalue weighted by molar-refractivity contribution is 0.0930. The zero-order valence-electron chi connectivity index (χ0n) is 14.8. The molecule has 0 saturated carbocycles. The van der Waals surface area contributed by atoms with Crippen molar-refractivity contribution in [2.24, 2.45) is 0 Å². The highest BCUT2D eigenvalue weighted by molar-refractivity contribution is 7.98. The van der Waals surface area contributed by atoms with Crippen LogP contribution < -0.4 is 10.1 Å². The minimum absolute atomic E-state index is 0.115. The molecule has 0 radical (unpaired) electrons. The average Bonchev–Trinajstić information content (AvgIpc) is 3.15. The third-order valence-electron chi connectivity index (χ3n) is 4.37. The fourth-order valence-electron chi connectivity index (χ4n) is 3.12. The quantitative estimate of drug-likeness (QED) is 0.688. The Labute approximate surface area is 161 Å². The highest BCUT2D eigenvalue weighted by Crippen LogP contribution is 2.37. The summed E-state index contributed by atoms with van der Waals surface area (Å²) in [6.45, 7) is 0.427. The number of amides is 1. The number of rotatable bonds is 5. The zero-order chi connectivity index (χ0) is 18.6. The smallest absolute Gasteiger partial charge is 0.254 e. The summed E-state index contributed by atoms with van der Waals surface area (Å²) in [4.78, 5) is 25.2. The van der Waals surface area contributed by atoms with Crippen molar-refractivity contribution in [2.75, 3.05) is 12.8 Å². The predicted octanol–water partition coefficient (Wildman–Crippen LogP) is 2.99. The number of pyridine rings is 1. The van der Waals surface area contributed by atoms with Gasteiger partial charge in [-0.2, -0.15) is 0 Å². The molecule has 136 valence electrons. The van der Waals surface area contributed by atoms with Gasteiger partial charge in [-0.1, -0.05) is 12.1 Å². The van der Waals surface area contributed by atoms with Crippen LogP contribution in [0.5, 0.6) is 5.75 Å². The third kappa shape index (κ3) is 3.64. The molecule has 4 rings (SSSR count). The molecule has 0 unspecified atom stereocenters. The summed E-state index contributed by atoms with van der Waals surface area (Å²) in [5.74, 6) is 0.685. The van der Waals surface area contributed by atoms with Crippen LogP contribution in [0.25, 0.3) is 11.3 Å². The van der Waals surface area contributed by atoms with Crippen LogP contribution in [0.1, 0.15) is 15.9 Å². The van der Waals surface area contributed by atoms with Crippen LogP contribution in [0.2, 0.25) is 0 Å². The van der Waals surface area contributed by atoms with Crippen LogP contribution in [0.15, 0.2) is 60.1 Å². The van der Waals surface area contributed by atoms with Crippen molar-refractivity contribution in [1.29, 1.82) is 0 Å². The van der Waals surface area contributed by atoms with Gasteiger partial charge in [0.15, 0.2) is 0 Å². The molecule has 0 spiro atoms. The summed E-state index contributed by atoms with van der Waals surface area (Å²) >= 11 is 1.46. The SMILES string of the molecule is CSc1ncccc1C(=O)NC[C@H]1Cc2cccc(-c3cnccn3)c2O1. The maximum atomic E-state index is 12.5. The summed E-state index contributed by atoms with van der Waals surface area (Å²) in [6.07, 6.45) is 9.26. The minimum Gasteiger partial charge on any atom is -0.487 e. The van der Waals surface area contributed by atoms with E-state index in [0.717, 1.165) is 34.0 Å². The second-order valence-corrected chi connectivity index (χ2v) is 6.89. The molecule has 27 heavy (non-hydrogen) atoms. The molecule has 1 aromatic carbocycles. The number of thioether (sulfide) groups is 1. The summed E-state index contributed by atoms with van der Waals surface area (Å²) in [5, 5.41) is 3.68.